The molecule has 1 N–H and O–H groups in total. The van der Waals surface area contributed by atoms with Crippen molar-refractivity contribution < 1.29 is 21.6 Å². The molecule has 0 bridgehead atoms. The van der Waals surface area contributed by atoms with Crippen LogP contribution in [0.4, 0.5) is 13.2 Å². The SMILES string of the molecule is Cc1ccc2c(C#N)c(-c3ncc(S(=O)(=O)NC(C)C(F)(F)F)cn3)n(C3CCCC3)c2c1. The van der Waals surface area contributed by atoms with Gasteiger partial charge in [0.2, 0.25) is 10.0 Å². The Kier molecular flexibility index (Phi) is 5.92. The van der Waals surface area contributed by atoms with Crippen molar-refractivity contribution in [2.24, 2.45) is 0 Å². The van der Waals surface area contributed by atoms with E-state index in [1.54, 1.807) is 4.72 Å². The van der Waals surface area contributed by atoms with Crippen LogP contribution in [0.15, 0.2) is 35.5 Å². The summed E-state index contributed by atoms with van der Waals surface area (Å²) in [5.41, 5.74) is 2.79. The average Bonchev–Trinajstić information content (AvgIpc) is 3.38. The van der Waals surface area contributed by atoms with E-state index in [0.29, 0.717) is 18.2 Å². The molecule has 3 aromatic rings. The molecule has 33 heavy (non-hydrogen) atoms. The number of nitrogens with zero attached hydrogens (tertiary/aromatic N) is 4. The van der Waals surface area contributed by atoms with Gasteiger partial charge in [-0.3, -0.25) is 0 Å². The van der Waals surface area contributed by atoms with Gasteiger partial charge in [0.1, 0.15) is 22.7 Å². The Balaban J connectivity index is 1.81. The molecule has 4 rings (SSSR count). The Bertz CT molecular complexity index is 1340. The van der Waals surface area contributed by atoms with Crippen LogP contribution < -0.4 is 4.72 Å². The van der Waals surface area contributed by atoms with Crippen molar-refractivity contribution in [1.82, 2.24) is 19.3 Å². The van der Waals surface area contributed by atoms with Crippen LogP contribution in [0.5, 0.6) is 0 Å². The predicted molar refractivity (Wildman–Crippen MR) is 116 cm³/mol. The van der Waals surface area contributed by atoms with E-state index in [-0.39, 0.29) is 11.9 Å². The fourth-order valence-corrected chi connectivity index (χ4v) is 5.36. The molecule has 1 unspecified atom stereocenters. The number of aromatic nitrogens is 3. The smallest absolute Gasteiger partial charge is 0.334 e. The fourth-order valence-electron chi connectivity index (χ4n) is 4.24. The lowest BCUT2D eigenvalue weighted by atomic mass is 10.1. The maximum atomic E-state index is 12.8. The fraction of sp³-hybridized carbons (Fsp3) is 0.409. The Morgan fingerprint density at radius 2 is 1.85 bits per heavy atom. The van der Waals surface area contributed by atoms with Gasteiger partial charge in [0.25, 0.3) is 0 Å². The van der Waals surface area contributed by atoms with Crippen molar-refractivity contribution >= 4 is 20.9 Å². The number of aryl methyl sites for hydroxylation is 1. The molecular formula is C22H22F3N5O2S. The number of hydrogen-bond donors (Lipinski definition) is 1. The zero-order chi connectivity index (χ0) is 24.0. The summed E-state index contributed by atoms with van der Waals surface area (Å²) >= 11 is 0. The summed E-state index contributed by atoms with van der Waals surface area (Å²) < 4.78 is 66.8. The van der Waals surface area contributed by atoms with Gasteiger partial charge in [0, 0.05) is 11.4 Å². The molecule has 0 saturated heterocycles. The predicted octanol–water partition coefficient (Wildman–Crippen LogP) is 4.62. The Morgan fingerprint density at radius 3 is 2.42 bits per heavy atom. The van der Waals surface area contributed by atoms with Gasteiger partial charge in [-0.2, -0.15) is 23.2 Å². The standard InChI is InChI=1S/C22H22F3N5O2S/c1-13-7-8-17-18(10-26)20(30(19(17)9-13)15-5-3-4-6-15)21-27-11-16(12-28-21)33(31,32)29-14(2)22(23,24)25/h7-9,11-12,14-15,29H,3-6H2,1-2H3. The molecule has 0 aliphatic heterocycles. The maximum absolute atomic E-state index is 12.8. The van der Waals surface area contributed by atoms with Crippen molar-refractivity contribution in [1.29, 1.82) is 5.26 Å². The van der Waals surface area contributed by atoms with E-state index in [1.807, 2.05) is 25.1 Å². The number of rotatable bonds is 5. The van der Waals surface area contributed by atoms with Crippen LogP contribution in [0, 0.1) is 18.3 Å². The number of benzene rings is 1. The highest BCUT2D eigenvalue weighted by atomic mass is 32.2. The molecule has 0 radical (unpaired) electrons. The van der Waals surface area contributed by atoms with Gasteiger partial charge in [-0.05, 0) is 38.3 Å². The van der Waals surface area contributed by atoms with Gasteiger partial charge in [-0.1, -0.05) is 25.0 Å². The van der Waals surface area contributed by atoms with Gasteiger partial charge in [-0.25, -0.2) is 18.4 Å². The molecule has 2 aromatic heterocycles. The van der Waals surface area contributed by atoms with Crippen LogP contribution in [-0.4, -0.2) is 35.2 Å². The summed E-state index contributed by atoms with van der Waals surface area (Å²) in [5, 5.41) is 10.7. The van der Waals surface area contributed by atoms with Crippen molar-refractivity contribution in [3.05, 3.63) is 41.7 Å². The van der Waals surface area contributed by atoms with Crippen molar-refractivity contribution in [3.8, 4) is 17.6 Å². The van der Waals surface area contributed by atoms with Crippen molar-refractivity contribution in [2.45, 2.75) is 62.7 Å². The summed E-state index contributed by atoms with van der Waals surface area (Å²) in [5.74, 6) is 0.148. The van der Waals surface area contributed by atoms with E-state index in [2.05, 4.69) is 20.6 Å². The summed E-state index contributed by atoms with van der Waals surface area (Å²) in [4.78, 5) is 7.83. The van der Waals surface area contributed by atoms with Crippen molar-refractivity contribution in [2.75, 3.05) is 0 Å². The van der Waals surface area contributed by atoms with E-state index in [9.17, 15) is 26.9 Å². The maximum Gasteiger partial charge on any atom is 0.404 e. The van der Waals surface area contributed by atoms with E-state index < -0.39 is 27.1 Å². The molecule has 1 aliphatic carbocycles. The monoisotopic (exact) mass is 477 g/mol. The first-order chi connectivity index (χ1) is 15.5. The lowest BCUT2D eigenvalue weighted by molar-refractivity contribution is -0.147. The lowest BCUT2D eigenvalue weighted by Gasteiger charge is -2.18. The second kappa shape index (κ2) is 8.43. The molecular weight excluding hydrogens is 455 g/mol. The first-order valence-electron chi connectivity index (χ1n) is 10.5. The number of sulfonamides is 1. The summed E-state index contributed by atoms with van der Waals surface area (Å²) in [6.07, 6.45) is 1.18. The second-order valence-corrected chi connectivity index (χ2v) is 10.0. The zero-order valence-electron chi connectivity index (χ0n) is 18.0. The van der Waals surface area contributed by atoms with Crippen LogP contribution in [0.25, 0.3) is 22.4 Å². The largest absolute Gasteiger partial charge is 0.404 e. The average molecular weight is 478 g/mol. The summed E-state index contributed by atoms with van der Waals surface area (Å²) in [6, 6.07) is 5.90. The summed E-state index contributed by atoms with van der Waals surface area (Å²) in [7, 11) is -4.48. The van der Waals surface area contributed by atoms with Gasteiger partial charge in [0.05, 0.1) is 23.5 Å². The Hall–Kier alpha value is -2.97. The van der Waals surface area contributed by atoms with Crippen LogP contribution in [0.3, 0.4) is 0 Å². The van der Waals surface area contributed by atoms with Crippen LogP contribution in [0.1, 0.15) is 49.8 Å². The second-order valence-electron chi connectivity index (χ2n) is 8.29. The zero-order valence-corrected chi connectivity index (χ0v) is 18.8. The molecule has 2 heterocycles. The number of halogens is 3. The van der Waals surface area contributed by atoms with E-state index in [0.717, 1.165) is 54.5 Å². The lowest BCUT2D eigenvalue weighted by Crippen LogP contribution is -2.43. The topological polar surface area (TPSA) is 101 Å². The third-order valence-corrected chi connectivity index (χ3v) is 7.43. The molecule has 1 atom stereocenters. The van der Waals surface area contributed by atoms with Crippen LogP contribution in [-0.2, 0) is 10.0 Å². The highest BCUT2D eigenvalue weighted by Gasteiger charge is 2.39. The number of hydrogen-bond acceptors (Lipinski definition) is 5. The van der Waals surface area contributed by atoms with E-state index in [4.69, 9.17) is 0 Å². The summed E-state index contributed by atoms with van der Waals surface area (Å²) in [6.45, 7) is 2.68. The third-order valence-electron chi connectivity index (χ3n) is 5.93. The molecule has 1 aliphatic rings. The number of nitriles is 1. The van der Waals surface area contributed by atoms with Crippen LogP contribution >= 0.6 is 0 Å². The molecule has 11 heteroatoms. The van der Waals surface area contributed by atoms with Gasteiger partial charge in [0.15, 0.2) is 5.82 Å². The van der Waals surface area contributed by atoms with Crippen molar-refractivity contribution in [3.63, 3.8) is 0 Å². The molecule has 1 saturated carbocycles. The molecule has 0 amide bonds. The first-order valence-corrected chi connectivity index (χ1v) is 12.0. The van der Waals surface area contributed by atoms with Crippen LogP contribution in [0.2, 0.25) is 0 Å². The third kappa shape index (κ3) is 4.32. The minimum atomic E-state index is -4.73. The van der Waals surface area contributed by atoms with E-state index >= 15 is 0 Å². The number of fused-ring (bicyclic) bond motifs is 1. The molecule has 0 spiro atoms. The Morgan fingerprint density at radius 1 is 1.21 bits per heavy atom. The molecule has 7 nitrogen and oxygen atoms in total. The van der Waals surface area contributed by atoms with Gasteiger partial charge in [-0.15, -0.1) is 0 Å². The molecule has 174 valence electrons. The minimum Gasteiger partial charge on any atom is -0.334 e. The first kappa shape index (κ1) is 23.2. The van der Waals surface area contributed by atoms with Gasteiger partial charge >= 0.3 is 6.18 Å². The van der Waals surface area contributed by atoms with Gasteiger partial charge < -0.3 is 4.57 Å². The molecule has 1 aromatic carbocycles. The van der Waals surface area contributed by atoms with E-state index in [1.165, 1.54) is 0 Å². The molecule has 1 fully saturated rings. The highest BCUT2D eigenvalue weighted by Crippen LogP contribution is 2.40. The number of nitrogens with one attached hydrogen (secondary N) is 1. The highest BCUT2D eigenvalue weighted by molar-refractivity contribution is 7.89. The quantitative estimate of drug-likeness (QED) is 0.578. The Labute approximate surface area is 189 Å². The normalized spacial score (nSPS) is 16.2. The minimum absolute atomic E-state index is 0.146. The number of alkyl halides is 3.